The Morgan fingerprint density at radius 2 is 1.64 bits per heavy atom. The fraction of sp³-hybridized carbons (Fsp3) is 0.418. The van der Waals surface area contributed by atoms with Gasteiger partial charge in [0.25, 0.3) is 11.6 Å². The Balaban J connectivity index is 0.000000205. The summed E-state index contributed by atoms with van der Waals surface area (Å²) in [6.07, 6.45) is 4.14. The SMILES string of the molecule is CC1COc2ccccc2N1C(=O)C(Cl)Cl.CCc1cccc(C)c1N(C(=O)CCl)C(C)COC.COC(=O)CSc1cc(N=c2sc(=O)n3n2CCCC3)c(F)cc1Cl.CS(=O)(=O)c1ccc(C(=O)C2C(=O)CCCC2=O)c([N+](=O)[O-])c1. The monoisotopic (exact) mass is 1280 g/mol. The Morgan fingerprint density at radius 3 is 2.24 bits per heavy atom. The minimum Gasteiger partial charge on any atom is -0.489 e. The van der Waals surface area contributed by atoms with Gasteiger partial charge in [0.1, 0.15) is 35.7 Å². The van der Waals surface area contributed by atoms with Crippen LogP contribution in [-0.4, -0.2) is 120 Å². The Hall–Kier alpha value is -5.99. The van der Waals surface area contributed by atoms with Crippen LogP contribution >= 0.6 is 69.5 Å². The van der Waals surface area contributed by atoms with E-state index < -0.39 is 65.9 Å². The predicted molar refractivity (Wildman–Crippen MR) is 318 cm³/mol. The third-order valence-electron chi connectivity index (χ3n) is 12.9. The van der Waals surface area contributed by atoms with Gasteiger partial charge in [-0.2, -0.15) is 0 Å². The second kappa shape index (κ2) is 31.2. The van der Waals surface area contributed by atoms with Crippen molar-refractivity contribution in [1.82, 2.24) is 9.36 Å². The number of esters is 1. The summed E-state index contributed by atoms with van der Waals surface area (Å²) < 4.78 is 55.9. The Morgan fingerprint density at radius 1 is 0.976 bits per heavy atom. The predicted octanol–water partition coefficient (Wildman–Crippen LogP) is 9.68. The number of hydrogen-bond acceptors (Lipinski definition) is 17. The fourth-order valence-electron chi connectivity index (χ4n) is 8.95. The zero-order chi connectivity index (χ0) is 61.5. The summed E-state index contributed by atoms with van der Waals surface area (Å²) in [5, 5.41) is 11.3. The third kappa shape index (κ3) is 17.6. The lowest BCUT2D eigenvalue weighted by Gasteiger charge is -2.35. The van der Waals surface area contributed by atoms with E-state index in [-0.39, 0.29) is 68.9 Å². The molecule has 0 N–H and O–H groups in total. The number of ether oxygens (including phenoxy) is 3. The number of halogens is 5. The van der Waals surface area contributed by atoms with E-state index in [4.69, 9.17) is 55.9 Å². The lowest BCUT2D eigenvalue weighted by atomic mass is 9.81. The summed E-state index contributed by atoms with van der Waals surface area (Å²) in [6, 6.07) is 18.8. The van der Waals surface area contributed by atoms with Gasteiger partial charge in [-0.05, 0) is 105 Å². The highest BCUT2D eigenvalue weighted by Gasteiger charge is 2.39. The van der Waals surface area contributed by atoms with Gasteiger partial charge in [0.2, 0.25) is 10.7 Å². The van der Waals surface area contributed by atoms with E-state index in [0.29, 0.717) is 48.2 Å². The lowest BCUT2D eigenvalue weighted by molar-refractivity contribution is -0.385. The van der Waals surface area contributed by atoms with Crippen LogP contribution in [0.25, 0.3) is 0 Å². The molecular formula is C55H61Cl4FN6O14S3. The number of sulfone groups is 1. The number of fused-ring (bicyclic) bond motifs is 2. The van der Waals surface area contributed by atoms with Gasteiger partial charge in [0, 0.05) is 50.3 Å². The van der Waals surface area contributed by atoms with Gasteiger partial charge in [0.15, 0.2) is 32.0 Å². The zero-order valence-corrected chi connectivity index (χ0v) is 51.7. The van der Waals surface area contributed by atoms with Crippen molar-refractivity contribution in [2.45, 2.75) is 106 Å². The Kier molecular flexibility index (Phi) is 25.5. The largest absolute Gasteiger partial charge is 0.489 e. The first kappa shape index (κ1) is 67.8. The van der Waals surface area contributed by atoms with Crippen molar-refractivity contribution < 1.29 is 60.7 Å². The number of Topliss-reactive ketones (excluding diaryl/α,β-unsaturated/α-hetero) is 3. The number of anilines is 2. The molecule has 3 aliphatic rings. The topological polar surface area (TPSA) is 253 Å². The number of amides is 2. The molecule has 28 heteroatoms. The van der Waals surface area contributed by atoms with Gasteiger partial charge >= 0.3 is 10.8 Å². The molecule has 1 fully saturated rings. The van der Waals surface area contributed by atoms with Crippen LogP contribution in [0.15, 0.2) is 92.4 Å². The fourth-order valence-corrected chi connectivity index (χ4v) is 11.9. The van der Waals surface area contributed by atoms with Gasteiger partial charge in [-0.3, -0.25) is 48.4 Å². The van der Waals surface area contributed by atoms with Crippen LogP contribution in [-0.2, 0) is 62.8 Å². The van der Waals surface area contributed by atoms with E-state index in [0.717, 1.165) is 95.4 Å². The first-order chi connectivity index (χ1) is 39.3. The van der Waals surface area contributed by atoms with Gasteiger partial charge in [-0.25, -0.2) is 22.5 Å². The Labute approximate surface area is 506 Å². The van der Waals surface area contributed by atoms with Gasteiger partial charge in [-0.15, -0.1) is 23.4 Å². The summed E-state index contributed by atoms with van der Waals surface area (Å²) in [5.41, 5.74) is 2.85. The number of aromatic nitrogens is 2. The molecule has 4 aromatic carbocycles. The van der Waals surface area contributed by atoms with Crippen molar-refractivity contribution in [1.29, 1.82) is 0 Å². The summed E-state index contributed by atoms with van der Waals surface area (Å²) >= 11 is 25.2. The van der Waals surface area contributed by atoms with E-state index in [1.54, 1.807) is 26.3 Å². The molecule has 448 valence electrons. The maximum Gasteiger partial charge on any atom is 0.325 e. The molecule has 2 aliphatic heterocycles. The molecule has 0 radical (unpaired) electrons. The Bertz CT molecular complexity index is 3470. The number of thioether (sulfide) groups is 1. The third-order valence-corrected chi connectivity index (χ3v) is 17.0. The van der Waals surface area contributed by atoms with Gasteiger partial charge in [0.05, 0.1) is 63.3 Å². The maximum atomic E-state index is 14.3. The summed E-state index contributed by atoms with van der Waals surface area (Å²) in [5.74, 6) is -4.28. The molecule has 8 rings (SSSR count). The smallest absolute Gasteiger partial charge is 0.325 e. The molecule has 1 aromatic heterocycles. The van der Waals surface area contributed by atoms with Crippen molar-refractivity contribution in [3.05, 3.63) is 125 Å². The van der Waals surface area contributed by atoms with E-state index >= 15 is 0 Å². The van der Waals surface area contributed by atoms with Crippen molar-refractivity contribution in [3.63, 3.8) is 0 Å². The highest BCUT2D eigenvalue weighted by atomic mass is 35.5. The number of nitro benzene ring substituents is 1. The average molecular weight is 1290 g/mol. The molecule has 0 spiro atoms. The van der Waals surface area contributed by atoms with Crippen LogP contribution < -0.4 is 24.2 Å². The van der Waals surface area contributed by atoms with Crippen LogP contribution in [0.2, 0.25) is 5.02 Å². The summed E-state index contributed by atoms with van der Waals surface area (Å²) in [6.45, 7) is 10.2. The number of rotatable bonds is 15. The second-order valence-corrected chi connectivity index (χ2v) is 24.6. The number of methoxy groups -OCH3 is 2. The average Bonchev–Trinajstić information content (AvgIpc) is 4.04. The molecule has 0 bridgehead atoms. The molecule has 2 atom stereocenters. The maximum absolute atomic E-state index is 14.3. The molecule has 20 nitrogen and oxygen atoms in total. The number of para-hydroxylation sites is 3. The first-order valence-corrected chi connectivity index (χ1v) is 31.2. The quantitative estimate of drug-likeness (QED) is 0.0180. The van der Waals surface area contributed by atoms with E-state index in [9.17, 15) is 56.5 Å². The van der Waals surface area contributed by atoms with Crippen molar-refractivity contribution in [2.24, 2.45) is 10.9 Å². The number of nitro groups is 1. The standard InChI is InChI=1S/C15H15ClFN3O3S2.C15H22ClNO2.C14H13NO7S.C11H11Cl2NO2/c1-23-13(21)8-24-12-7-11(10(17)6-9(12)16)18-14-19-4-2-3-5-20(19)15(22)25-14;1-5-13-8-6-7-11(2)15(13)17(14(18)9-16)12(3)10-19-4;1-23(21,22)8-5-6-9(10(7-8)15(19)20)14(18)13-11(16)3-2-4-12(13)17;1-7-6-16-9-5-3-2-4-8(9)14(7)11(15)10(12)13/h6-7H,2-5,8H2,1H3;6-8,12H,5,9-10H2,1-4H3;5-7,13H,2-4H2,1H3;2-5,7,10H,6H2,1H3. The molecule has 2 unspecified atom stereocenters. The number of alkyl halides is 3. The van der Waals surface area contributed by atoms with E-state index in [2.05, 4.69) is 22.7 Å². The highest BCUT2D eigenvalue weighted by molar-refractivity contribution is 8.00. The van der Waals surface area contributed by atoms with Crippen LogP contribution in [0.5, 0.6) is 5.75 Å². The molecule has 83 heavy (non-hydrogen) atoms. The molecule has 1 aliphatic carbocycles. The highest BCUT2D eigenvalue weighted by Crippen LogP contribution is 2.36. The molecule has 0 saturated heterocycles. The molecule has 5 aromatic rings. The number of carbonyl (C=O) groups is 6. The van der Waals surface area contributed by atoms with Gasteiger partial charge in [-0.1, -0.05) is 72.1 Å². The summed E-state index contributed by atoms with van der Waals surface area (Å²) in [4.78, 5) is 101. The minimum absolute atomic E-state index is 0.0223. The van der Waals surface area contributed by atoms with Crippen LogP contribution in [0.1, 0.15) is 74.4 Å². The summed E-state index contributed by atoms with van der Waals surface area (Å²) in [7, 11) is -0.763. The normalized spacial score (nSPS) is 15.4. The van der Waals surface area contributed by atoms with Crippen molar-refractivity contribution in [2.75, 3.05) is 55.1 Å². The van der Waals surface area contributed by atoms with Crippen LogP contribution in [0.4, 0.5) is 27.1 Å². The van der Waals surface area contributed by atoms with Crippen LogP contribution in [0, 0.1) is 28.8 Å². The number of nitrogens with zero attached hydrogens (tertiary/aromatic N) is 6. The minimum atomic E-state index is -3.70. The van der Waals surface area contributed by atoms with Gasteiger partial charge < -0.3 is 24.0 Å². The van der Waals surface area contributed by atoms with Crippen molar-refractivity contribution >= 4 is 137 Å². The molecule has 2 amide bonds. The molecule has 1 saturated carbocycles. The van der Waals surface area contributed by atoms with Crippen LogP contribution in [0.3, 0.4) is 0 Å². The van der Waals surface area contributed by atoms with E-state index in [1.165, 1.54) is 13.2 Å². The number of benzene rings is 4. The first-order valence-electron chi connectivity index (χ1n) is 25.7. The lowest BCUT2D eigenvalue weighted by Crippen LogP contribution is -2.47. The number of aryl methyl sites for hydroxylation is 2. The second-order valence-electron chi connectivity index (χ2n) is 18.9. The zero-order valence-electron chi connectivity index (χ0n) is 46.2. The number of ketones is 3. The number of hydrogen-bond donors (Lipinski definition) is 0. The number of carbonyl (C=O) groups excluding carboxylic acids is 6. The molecular weight excluding hydrogens is 1230 g/mol. The molecule has 3 heterocycles. The van der Waals surface area contributed by atoms with Crippen molar-refractivity contribution in [3.8, 4) is 5.75 Å². The van der Waals surface area contributed by atoms with E-state index in [1.807, 2.05) is 57.2 Å².